The predicted molar refractivity (Wildman–Crippen MR) is 63.9 cm³/mol. The summed E-state index contributed by atoms with van der Waals surface area (Å²) in [5.41, 5.74) is -7.20. The summed E-state index contributed by atoms with van der Waals surface area (Å²) >= 11 is 0. The average Bonchev–Trinajstić information content (AvgIpc) is 2.26. The summed E-state index contributed by atoms with van der Waals surface area (Å²) in [6.07, 6.45) is 0. The van der Waals surface area contributed by atoms with Gasteiger partial charge in [0.15, 0.2) is 5.79 Å². The Morgan fingerprint density at radius 1 is 0.889 bits per heavy atom. The van der Waals surface area contributed by atoms with Crippen LogP contribution in [0.3, 0.4) is 0 Å². The quantitative estimate of drug-likeness (QED) is 0.531. The molecule has 108 valence electrons. The molecule has 6 heteroatoms. The lowest BCUT2D eigenvalue weighted by molar-refractivity contribution is -0.453. The molecule has 1 fully saturated rings. The molecule has 0 amide bonds. The summed E-state index contributed by atoms with van der Waals surface area (Å²) in [5, 5.41) is 41.2. The van der Waals surface area contributed by atoms with Crippen LogP contribution in [-0.4, -0.2) is 62.3 Å². The van der Waals surface area contributed by atoms with Crippen LogP contribution in [0.5, 0.6) is 0 Å². The van der Waals surface area contributed by atoms with Crippen LogP contribution >= 0.6 is 0 Å². The Bertz CT molecular complexity index is 307. The standard InChI is InChI=1S/C12H24O6/c1-8(7-13)9(2,14)10(3,15)11(4,16)12(5,17-6)18-8/h13-16H,7H2,1-6H3. The molecule has 0 saturated carbocycles. The Hall–Kier alpha value is -0.240. The van der Waals surface area contributed by atoms with Gasteiger partial charge >= 0.3 is 0 Å². The SMILES string of the molecule is COC1(C)OC(C)(CO)C(C)(O)C(C)(O)C1(C)O. The normalized spacial score (nSPS) is 57.7. The van der Waals surface area contributed by atoms with E-state index in [2.05, 4.69) is 0 Å². The molecule has 1 saturated heterocycles. The van der Waals surface area contributed by atoms with Crippen molar-refractivity contribution in [3.63, 3.8) is 0 Å². The number of methoxy groups -OCH3 is 1. The summed E-state index contributed by atoms with van der Waals surface area (Å²) in [4.78, 5) is 0. The molecule has 5 atom stereocenters. The van der Waals surface area contributed by atoms with Crippen LogP contribution in [0.1, 0.15) is 34.6 Å². The van der Waals surface area contributed by atoms with E-state index in [4.69, 9.17) is 9.47 Å². The van der Waals surface area contributed by atoms with Crippen molar-refractivity contribution >= 4 is 0 Å². The Balaban J connectivity index is 3.49. The van der Waals surface area contributed by atoms with Crippen LogP contribution in [-0.2, 0) is 9.47 Å². The summed E-state index contributed by atoms with van der Waals surface area (Å²) in [7, 11) is 1.32. The van der Waals surface area contributed by atoms with Crippen LogP contribution in [0.2, 0.25) is 0 Å². The molecular formula is C12H24O6. The first-order valence-corrected chi connectivity index (χ1v) is 5.86. The van der Waals surface area contributed by atoms with E-state index in [9.17, 15) is 20.4 Å². The minimum absolute atomic E-state index is 0.537. The largest absolute Gasteiger partial charge is 0.393 e. The second-order valence-corrected chi connectivity index (χ2v) is 5.86. The van der Waals surface area contributed by atoms with Gasteiger partial charge in [-0.25, -0.2) is 0 Å². The summed E-state index contributed by atoms with van der Waals surface area (Å²) in [6, 6.07) is 0. The molecule has 0 aliphatic carbocycles. The van der Waals surface area contributed by atoms with Gasteiger partial charge in [-0.05, 0) is 34.6 Å². The van der Waals surface area contributed by atoms with Crippen molar-refractivity contribution in [2.45, 2.75) is 62.8 Å². The molecule has 0 aromatic heterocycles. The molecule has 0 radical (unpaired) electrons. The van der Waals surface area contributed by atoms with Gasteiger partial charge in [0.2, 0.25) is 0 Å². The third kappa shape index (κ3) is 1.51. The van der Waals surface area contributed by atoms with Crippen molar-refractivity contribution in [2.75, 3.05) is 13.7 Å². The zero-order valence-electron chi connectivity index (χ0n) is 11.8. The van der Waals surface area contributed by atoms with Crippen molar-refractivity contribution in [1.29, 1.82) is 0 Å². The average molecular weight is 264 g/mol. The van der Waals surface area contributed by atoms with E-state index >= 15 is 0 Å². The molecule has 4 N–H and O–H groups in total. The molecule has 5 unspecified atom stereocenters. The van der Waals surface area contributed by atoms with E-state index in [1.807, 2.05) is 0 Å². The summed E-state index contributed by atoms with van der Waals surface area (Å²) in [6.45, 7) is 6.29. The first kappa shape index (κ1) is 15.8. The minimum Gasteiger partial charge on any atom is -0.393 e. The van der Waals surface area contributed by atoms with Gasteiger partial charge in [-0.3, -0.25) is 0 Å². The van der Waals surface area contributed by atoms with Gasteiger partial charge in [-0.15, -0.1) is 0 Å². The van der Waals surface area contributed by atoms with E-state index in [1.165, 1.54) is 41.7 Å². The molecule has 0 aromatic carbocycles. The number of hydrogen-bond acceptors (Lipinski definition) is 6. The molecule has 0 aromatic rings. The third-order valence-corrected chi connectivity index (χ3v) is 4.92. The number of aliphatic hydroxyl groups excluding tert-OH is 1. The van der Waals surface area contributed by atoms with Gasteiger partial charge < -0.3 is 29.9 Å². The molecule has 0 bridgehead atoms. The Morgan fingerprint density at radius 2 is 1.33 bits per heavy atom. The fraction of sp³-hybridized carbons (Fsp3) is 1.00. The zero-order chi connectivity index (χ0) is 14.6. The Morgan fingerprint density at radius 3 is 1.67 bits per heavy atom. The molecule has 1 aliphatic rings. The molecular weight excluding hydrogens is 240 g/mol. The molecule has 1 heterocycles. The highest BCUT2D eigenvalue weighted by Gasteiger charge is 2.74. The van der Waals surface area contributed by atoms with Crippen molar-refractivity contribution in [2.24, 2.45) is 0 Å². The van der Waals surface area contributed by atoms with E-state index < -0.39 is 34.8 Å². The third-order valence-electron chi connectivity index (χ3n) is 4.92. The predicted octanol–water partition coefficient (Wildman–Crippen LogP) is -0.617. The molecule has 0 spiro atoms. The minimum atomic E-state index is -1.96. The van der Waals surface area contributed by atoms with Crippen LogP contribution < -0.4 is 0 Å². The van der Waals surface area contributed by atoms with Crippen LogP contribution in [0.4, 0.5) is 0 Å². The molecule has 1 aliphatic heterocycles. The number of rotatable bonds is 2. The molecule has 18 heavy (non-hydrogen) atoms. The van der Waals surface area contributed by atoms with Crippen molar-refractivity contribution < 1.29 is 29.9 Å². The van der Waals surface area contributed by atoms with Crippen LogP contribution in [0, 0.1) is 0 Å². The number of ether oxygens (including phenoxy) is 2. The van der Waals surface area contributed by atoms with E-state index in [1.54, 1.807) is 0 Å². The maximum atomic E-state index is 10.6. The highest BCUT2D eigenvalue weighted by molar-refractivity contribution is 5.21. The maximum Gasteiger partial charge on any atom is 0.197 e. The van der Waals surface area contributed by atoms with E-state index in [-0.39, 0.29) is 0 Å². The fourth-order valence-corrected chi connectivity index (χ4v) is 2.49. The van der Waals surface area contributed by atoms with Crippen LogP contribution in [0.15, 0.2) is 0 Å². The van der Waals surface area contributed by atoms with Crippen LogP contribution in [0.25, 0.3) is 0 Å². The van der Waals surface area contributed by atoms with Gasteiger partial charge in [-0.2, -0.15) is 0 Å². The lowest BCUT2D eigenvalue weighted by atomic mass is 9.61. The van der Waals surface area contributed by atoms with Crippen molar-refractivity contribution in [3.8, 4) is 0 Å². The first-order chi connectivity index (χ1) is 7.83. The van der Waals surface area contributed by atoms with E-state index in [0.29, 0.717) is 0 Å². The highest BCUT2D eigenvalue weighted by Crippen LogP contribution is 2.53. The maximum absolute atomic E-state index is 10.6. The highest BCUT2D eigenvalue weighted by atomic mass is 16.7. The smallest absolute Gasteiger partial charge is 0.197 e. The summed E-state index contributed by atoms with van der Waals surface area (Å²) in [5.74, 6) is -1.57. The second kappa shape index (κ2) is 3.88. The topological polar surface area (TPSA) is 99.4 Å². The molecule has 6 nitrogen and oxygen atoms in total. The van der Waals surface area contributed by atoms with Gasteiger partial charge in [0.05, 0.1) is 6.61 Å². The van der Waals surface area contributed by atoms with Crippen molar-refractivity contribution in [1.82, 2.24) is 0 Å². The van der Waals surface area contributed by atoms with E-state index in [0.717, 1.165) is 0 Å². The second-order valence-electron chi connectivity index (χ2n) is 5.86. The van der Waals surface area contributed by atoms with Gasteiger partial charge in [-0.1, -0.05) is 0 Å². The van der Waals surface area contributed by atoms with Gasteiger partial charge in [0.25, 0.3) is 0 Å². The number of hydrogen-bond donors (Lipinski definition) is 4. The zero-order valence-corrected chi connectivity index (χ0v) is 11.8. The fourth-order valence-electron chi connectivity index (χ4n) is 2.49. The first-order valence-electron chi connectivity index (χ1n) is 5.86. The monoisotopic (exact) mass is 264 g/mol. The Labute approximate surface area is 107 Å². The molecule has 1 rings (SSSR count). The Kier molecular flexibility index (Phi) is 3.41. The lowest BCUT2D eigenvalue weighted by Gasteiger charge is -2.64. The number of aliphatic hydroxyl groups is 4. The van der Waals surface area contributed by atoms with Crippen molar-refractivity contribution in [3.05, 3.63) is 0 Å². The summed E-state index contributed by atoms with van der Waals surface area (Å²) < 4.78 is 10.8. The lowest BCUT2D eigenvalue weighted by Crippen LogP contribution is -2.84. The van der Waals surface area contributed by atoms with Gasteiger partial charge in [0.1, 0.15) is 22.4 Å². The van der Waals surface area contributed by atoms with Gasteiger partial charge in [0, 0.05) is 7.11 Å².